The van der Waals surface area contributed by atoms with E-state index in [1.807, 2.05) is 69.3 Å². The molecule has 6 nitrogen and oxygen atoms in total. The van der Waals surface area contributed by atoms with E-state index in [1.54, 1.807) is 6.07 Å². The first-order chi connectivity index (χ1) is 16.8. The Morgan fingerprint density at radius 1 is 0.857 bits per heavy atom. The van der Waals surface area contributed by atoms with Crippen LogP contribution < -0.4 is 10.6 Å². The first kappa shape index (κ1) is 24.2. The molecule has 1 aliphatic carbocycles. The van der Waals surface area contributed by atoms with Gasteiger partial charge in [0.15, 0.2) is 5.78 Å². The lowest BCUT2D eigenvalue weighted by molar-refractivity contribution is -0.120. The largest absolute Gasteiger partial charge is 0.449 e. The van der Waals surface area contributed by atoms with E-state index in [1.165, 1.54) is 0 Å². The number of ketones is 1. The summed E-state index contributed by atoms with van der Waals surface area (Å²) in [5, 5.41) is 5.02. The number of hydrogen-bond acceptors (Lipinski definition) is 4. The predicted octanol–water partition coefficient (Wildman–Crippen LogP) is 4.62. The smallest absolute Gasteiger partial charge is 0.407 e. The second-order valence-corrected chi connectivity index (χ2v) is 9.59. The fraction of sp³-hybridized carbons (Fsp3) is 0.276. The van der Waals surface area contributed by atoms with Crippen LogP contribution in [0.25, 0.3) is 11.1 Å². The fourth-order valence-corrected chi connectivity index (χ4v) is 4.42. The lowest BCUT2D eigenvalue weighted by Crippen LogP contribution is -2.39. The van der Waals surface area contributed by atoms with Gasteiger partial charge in [0, 0.05) is 11.5 Å². The molecule has 4 rings (SSSR count). The topological polar surface area (TPSA) is 84.5 Å². The first-order valence-electron chi connectivity index (χ1n) is 11.7. The van der Waals surface area contributed by atoms with E-state index in [0.717, 1.165) is 27.8 Å². The number of benzene rings is 3. The number of carbonyl (C=O) groups is 3. The van der Waals surface area contributed by atoms with Crippen molar-refractivity contribution in [3.05, 3.63) is 95.1 Å². The minimum Gasteiger partial charge on any atom is -0.449 e. The summed E-state index contributed by atoms with van der Waals surface area (Å²) in [6.07, 6.45) is -0.681. The van der Waals surface area contributed by atoms with Crippen LogP contribution in [0.2, 0.25) is 0 Å². The van der Waals surface area contributed by atoms with Crippen LogP contribution in [0.15, 0.2) is 66.7 Å². The molecule has 3 aromatic carbocycles. The summed E-state index contributed by atoms with van der Waals surface area (Å²) in [5.41, 5.74) is 5.63. The maximum Gasteiger partial charge on any atom is 0.407 e. The molecule has 0 saturated heterocycles. The molecule has 6 heteroatoms. The molecule has 0 saturated carbocycles. The fourth-order valence-electron chi connectivity index (χ4n) is 4.42. The van der Waals surface area contributed by atoms with Gasteiger partial charge in [-0.3, -0.25) is 9.59 Å². The molecular formula is C29H29N2O4. The molecule has 35 heavy (non-hydrogen) atoms. The number of fused-ring (bicyclic) bond motifs is 3. The van der Waals surface area contributed by atoms with Gasteiger partial charge in [-0.1, -0.05) is 87.5 Å². The molecule has 1 aliphatic rings. The first-order valence-corrected chi connectivity index (χ1v) is 11.7. The molecule has 3 aromatic rings. The number of amides is 2. The Bertz CT molecular complexity index is 1210. The standard InChI is InChI=1S/C29H29N2O4/c1-29(2,3)25-15-9-8-14-23(25)26(32)16-30-27(33)17-31-28(34)35-18-24-21-12-6-4-10-19(21)20-11-5-7-13-22(20)24/h4-13,15,24H,16-18H2,1-3H3,(H,30,33)(H,31,34). The number of alkyl carbamates (subject to hydrolysis) is 1. The number of rotatable bonds is 7. The summed E-state index contributed by atoms with van der Waals surface area (Å²) in [6, 6.07) is 24.6. The van der Waals surface area contributed by atoms with E-state index in [9.17, 15) is 14.4 Å². The molecule has 0 unspecified atom stereocenters. The van der Waals surface area contributed by atoms with Crippen LogP contribution >= 0.6 is 0 Å². The van der Waals surface area contributed by atoms with Crippen LogP contribution in [0.1, 0.15) is 53.7 Å². The number of nitrogens with one attached hydrogen (secondary N) is 2. The van der Waals surface area contributed by atoms with Gasteiger partial charge >= 0.3 is 6.09 Å². The van der Waals surface area contributed by atoms with E-state index in [0.29, 0.717) is 5.56 Å². The molecule has 2 amide bonds. The van der Waals surface area contributed by atoms with Crippen LogP contribution in [-0.4, -0.2) is 37.5 Å². The monoisotopic (exact) mass is 469 g/mol. The average molecular weight is 470 g/mol. The Morgan fingerprint density at radius 3 is 2.11 bits per heavy atom. The van der Waals surface area contributed by atoms with Gasteiger partial charge in [0.1, 0.15) is 13.2 Å². The van der Waals surface area contributed by atoms with Crippen LogP contribution in [0.5, 0.6) is 0 Å². The van der Waals surface area contributed by atoms with E-state index in [4.69, 9.17) is 4.74 Å². The highest BCUT2D eigenvalue weighted by Gasteiger charge is 2.29. The maximum absolute atomic E-state index is 12.6. The highest BCUT2D eigenvalue weighted by Crippen LogP contribution is 2.44. The zero-order valence-electron chi connectivity index (χ0n) is 20.2. The molecule has 179 valence electrons. The van der Waals surface area contributed by atoms with Gasteiger partial charge in [-0.25, -0.2) is 4.79 Å². The van der Waals surface area contributed by atoms with E-state index >= 15 is 0 Å². The molecular weight excluding hydrogens is 440 g/mol. The van der Waals surface area contributed by atoms with Crippen molar-refractivity contribution in [2.45, 2.75) is 32.1 Å². The highest BCUT2D eigenvalue weighted by atomic mass is 16.5. The molecule has 0 bridgehead atoms. The van der Waals surface area contributed by atoms with Crippen molar-refractivity contribution in [1.82, 2.24) is 10.6 Å². The Hall–Kier alpha value is -3.93. The van der Waals surface area contributed by atoms with E-state index in [-0.39, 0.29) is 36.8 Å². The molecule has 0 atom stereocenters. The third-order valence-corrected chi connectivity index (χ3v) is 6.13. The van der Waals surface area contributed by atoms with Crippen molar-refractivity contribution in [2.75, 3.05) is 19.7 Å². The summed E-state index contributed by atoms with van der Waals surface area (Å²) in [6.45, 7) is 5.76. The van der Waals surface area contributed by atoms with Gasteiger partial charge in [0.05, 0.1) is 6.54 Å². The van der Waals surface area contributed by atoms with Crippen molar-refractivity contribution in [3.8, 4) is 11.1 Å². The van der Waals surface area contributed by atoms with Crippen LogP contribution in [0.3, 0.4) is 0 Å². The minimum atomic E-state index is -0.681. The van der Waals surface area contributed by atoms with Crippen molar-refractivity contribution in [2.24, 2.45) is 0 Å². The average Bonchev–Trinajstić information content (AvgIpc) is 3.18. The van der Waals surface area contributed by atoms with Gasteiger partial charge in [0.25, 0.3) is 0 Å². The van der Waals surface area contributed by atoms with Gasteiger partial charge < -0.3 is 15.4 Å². The lowest BCUT2D eigenvalue weighted by Gasteiger charge is -2.22. The molecule has 0 aliphatic heterocycles. The van der Waals surface area contributed by atoms with Crippen LogP contribution in [0, 0.1) is 6.07 Å². The molecule has 1 radical (unpaired) electrons. The minimum absolute atomic E-state index is 0.0567. The van der Waals surface area contributed by atoms with Crippen LogP contribution in [0.4, 0.5) is 4.79 Å². The third-order valence-electron chi connectivity index (χ3n) is 6.13. The Balaban J connectivity index is 1.27. The van der Waals surface area contributed by atoms with Crippen molar-refractivity contribution < 1.29 is 19.1 Å². The summed E-state index contributed by atoms with van der Waals surface area (Å²) >= 11 is 0. The second kappa shape index (κ2) is 10.1. The number of hydrogen-bond donors (Lipinski definition) is 2. The quantitative estimate of drug-likeness (QED) is 0.495. The number of ether oxygens (including phenoxy) is 1. The molecule has 2 N–H and O–H groups in total. The Labute approximate surface area is 205 Å². The molecule has 0 spiro atoms. The zero-order valence-corrected chi connectivity index (χ0v) is 20.2. The lowest BCUT2D eigenvalue weighted by atomic mass is 9.82. The Kier molecular flexibility index (Phi) is 7.01. The van der Waals surface area contributed by atoms with E-state index < -0.39 is 12.0 Å². The summed E-state index contributed by atoms with van der Waals surface area (Å²) < 4.78 is 5.44. The Morgan fingerprint density at radius 2 is 1.49 bits per heavy atom. The van der Waals surface area contributed by atoms with Crippen molar-refractivity contribution in [3.63, 3.8) is 0 Å². The van der Waals surface area contributed by atoms with Crippen LogP contribution in [-0.2, 0) is 14.9 Å². The molecule has 0 heterocycles. The number of Topliss-reactive ketones (excluding diaryl/α,β-unsaturated/α-hetero) is 1. The zero-order chi connectivity index (χ0) is 25.0. The second-order valence-electron chi connectivity index (χ2n) is 9.59. The van der Waals surface area contributed by atoms with Crippen molar-refractivity contribution in [1.29, 1.82) is 0 Å². The van der Waals surface area contributed by atoms with Gasteiger partial charge in [-0.05, 0) is 39.3 Å². The molecule has 0 fully saturated rings. The summed E-state index contributed by atoms with van der Waals surface area (Å²) in [7, 11) is 0. The summed E-state index contributed by atoms with van der Waals surface area (Å²) in [5.74, 6) is -0.760. The molecule has 0 aromatic heterocycles. The van der Waals surface area contributed by atoms with Crippen molar-refractivity contribution >= 4 is 17.8 Å². The highest BCUT2D eigenvalue weighted by molar-refractivity contribution is 6.00. The van der Waals surface area contributed by atoms with Gasteiger partial charge in [0.2, 0.25) is 5.91 Å². The van der Waals surface area contributed by atoms with Gasteiger partial charge in [-0.2, -0.15) is 0 Å². The maximum atomic E-state index is 12.6. The normalized spacial score (nSPS) is 12.4. The van der Waals surface area contributed by atoms with Gasteiger partial charge in [-0.15, -0.1) is 0 Å². The predicted molar refractivity (Wildman–Crippen MR) is 134 cm³/mol. The third kappa shape index (κ3) is 5.43. The summed E-state index contributed by atoms with van der Waals surface area (Å²) in [4.78, 5) is 37.1. The van der Waals surface area contributed by atoms with E-state index in [2.05, 4.69) is 28.8 Å². The number of carbonyl (C=O) groups excluding carboxylic acids is 3. The SMILES string of the molecule is CC(C)(C)c1ccc[c]c1C(=O)CNC(=O)CNC(=O)OCC1c2ccccc2-c2ccccc21.